The van der Waals surface area contributed by atoms with Crippen LogP contribution in [0, 0.1) is 47.3 Å². The maximum Gasteiger partial charge on any atom is 0.104 e. The Kier molecular flexibility index (Phi) is 30.8. The fourth-order valence-corrected chi connectivity index (χ4v) is 6.96. The number of rotatable bonds is 34. The second kappa shape index (κ2) is 30.9. The van der Waals surface area contributed by atoms with Crippen molar-refractivity contribution in [2.75, 3.05) is 26.4 Å². The summed E-state index contributed by atoms with van der Waals surface area (Å²) in [6.45, 7) is 25.9. The van der Waals surface area contributed by atoms with Gasteiger partial charge in [0.2, 0.25) is 0 Å². The molecule has 278 valence electrons. The van der Waals surface area contributed by atoms with Gasteiger partial charge in [0.1, 0.15) is 6.10 Å². The fourth-order valence-electron chi connectivity index (χ4n) is 6.96. The van der Waals surface area contributed by atoms with Crippen LogP contribution in [-0.4, -0.2) is 37.6 Å². The van der Waals surface area contributed by atoms with Gasteiger partial charge in [-0.25, -0.2) is 0 Å². The van der Waals surface area contributed by atoms with Gasteiger partial charge < -0.3 is 14.6 Å². The second-order valence-corrected chi connectivity index (χ2v) is 17.3. The first-order valence-electron chi connectivity index (χ1n) is 20.7. The van der Waals surface area contributed by atoms with E-state index in [1.807, 2.05) is 0 Å². The fraction of sp³-hybridized carbons (Fsp3) is 1.00. The Balaban J connectivity index is 3.77. The van der Waals surface area contributed by atoms with Crippen molar-refractivity contribution in [2.45, 2.75) is 204 Å². The predicted molar refractivity (Wildman–Crippen MR) is 205 cm³/mol. The van der Waals surface area contributed by atoms with E-state index in [1.54, 1.807) is 0 Å². The summed E-state index contributed by atoms with van der Waals surface area (Å²) in [6, 6.07) is 0. The minimum Gasteiger partial charge on any atom is -0.394 e. The highest BCUT2D eigenvalue weighted by Crippen LogP contribution is 2.24. The lowest BCUT2D eigenvalue weighted by Gasteiger charge is -2.19. The molecule has 0 aromatic rings. The summed E-state index contributed by atoms with van der Waals surface area (Å²) in [7, 11) is 0. The van der Waals surface area contributed by atoms with Gasteiger partial charge in [-0.2, -0.15) is 0 Å². The summed E-state index contributed by atoms with van der Waals surface area (Å²) in [5.74, 6) is 6.57. The molecule has 1 N–H and O–H groups in total. The van der Waals surface area contributed by atoms with Crippen LogP contribution >= 0.6 is 0 Å². The third kappa shape index (κ3) is 31.2. The molecule has 0 rings (SSSR count). The van der Waals surface area contributed by atoms with Crippen LogP contribution in [0.2, 0.25) is 0 Å². The van der Waals surface area contributed by atoms with Crippen molar-refractivity contribution in [3.05, 3.63) is 0 Å². The van der Waals surface area contributed by atoms with Gasteiger partial charge >= 0.3 is 0 Å². The van der Waals surface area contributed by atoms with E-state index in [0.717, 1.165) is 61.6 Å². The van der Waals surface area contributed by atoms with Crippen molar-refractivity contribution in [2.24, 2.45) is 47.3 Å². The van der Waals surface area contributed by atoms with Crippen LogP contribution in [0.1, 0.15) is 198 Å². The zero-order valence-electron chi connectivity index (χ0n) is 33.4. The molecule has 6 unspecified atom stereocenters. The van der Waals surface area contributed by atoms with Crippen LogP contribution in [0.3, 0.4) is 0 Å². The van der Waals surface area contributed by atoms with E-state index >= 15 is 0 Å². The first kappa shape index (κ1) is 45.9. The largest absolute Gasteiger partial charge is 0.394 e. The summed E-state index contributed by atoms with van der Waals surface area (Å²) >= 11 is 0. The minimum absolute atomic E-state index is 0.0480. The SMILES string of the molecule is CC(C)CCCC(C)CCCC(C)CCCC(C)CCOC[C@H](CO)OCCC(C)CCCC(C)CCCC(C)CCCC(C)C. The first-order chi connectivity index (χ1) is 21.9. The van der Waals surface area contributed by atoms with E-state index in [-0.39, 0.29) is 12.7 Å². The van der Waals surface area contributed by atoms with E-state index in [1.165, 1.54) is 116 Å². The highest BCUT2D eigenvalue weighted by molar-refractivity contribution is 4.64. The van der Waals surface area contributed by atoms with E-state index in [9.17, 15) is 5.11 Å². The number of hydrogen-bond acceptors (Lipinski definition) is 3. The Morgan fingerprint density at radius 2 is 0.652 bits per heavy atom. The predicted octanol–water partition coefficient (Wildman–Crippen LogP) is 13.3. The molecule has 3 heteroatoms. The van der Waals surface area contributed by atoms with Crippen molar-refractivity contribution in [1.82, 2.24) is 0 Å². The smallest absolute Gasteiger partial charge is 0.104 e. The number of aliphatic hydroxyl groups excluding tert-OH is 1. The molecule has 0 aliphatic rings. The Morgan fingerprint density at radius 3 is 0.957 bits per heavy atom. The lowest BCUT2D eigenvalue weighted by atomic mass is 9.91. The molecule has 0 aromatic heterocycles. The molecule has 0 fully saturated rings. The van der Waals surface area contributed by atoms with Gasteiger partial charge in [0.25, 0.3) is 0 Å². The molecule has 0 aromatic carbocycles. The monoisotopic (exact) mass is 653 g/mol. The number of hydrogen-bond donors (Lipinski definition) is 1. The topological polar surface area (TPSA) is 38.7 Å². The molecule has 0 bridgehead atoms. The Labute approximate surface area is 291 Å². The van der Waals surface area contributed by atoms with Crippen molar-refractivity contribution in [3.63, 3.8) is 0 Å². The summed E-state index contributed by atoms with van der Waals surface area (Å²) in [5.41, 5.74) is 0. The first-order valence-corrected chi connectivity index (χ1v) is 20.7. The molecule has 46 heavy (non-hydrogen) atoms. The average Bonchev–Trinajstić information content (AvgIpc) is 2.98. The van der Waals surface area contributed by atoms with Gasteiger partial charge in [-0.3, -0.25) is 0 Å². The molecule has 7 atom stereocenters. The zero-order valence-corrected chi connectivity index (χ0v) is 33.4. The molecule has 0 heterocycles. The molecule has 3 nitrogen and oxygen atoms in total. The Hall–Kier alpha value is -0.120. The van der Waals surface area contributed by atoms with Crippen LogP contribution in [-0.2, 0) is 9.47 Å². The van der Waals surface area contributed by atoms with Gasteiger partial charge in [-0.1, -0.05) is 185 Å². The van der Waals surface area contributed by atoms with E-state index in [2.05, 4.69) is 69.2 Å². The molecule has 0 radical (unpaired) electrons. The molecular formula is C43H88O3. The third-order valence-electron chi connectivity index (χ3n) is 10.8. The van der Waals surface area contributed by atoms with E-state index in [4.69, 9.17) is 9.47 Å². The van der Waals surface area contributed by atoms with Gasteiger partial charge in [0.05, 0.1) is 13.2 Å². The van der Waals surface area contributed by atoms with Crippen LogP contribution in [0.4, 0.5) is 0 Å². The van der Waals surface area contributed by atoms with Gasteiger partial charge in [0.15, 0.2) is 0 Å². The maximum absolute atomic E-state index is 9.78. The standard InChI is InChI=1S/C43H88O3/c1-35(2)17-11-19-37(5)21-13-23-39(7)25-15-27-41(9)29-31-45-34-43(33-44)46-32-30-42(10)28-16-26-40(8)24-14-22-38(6)20-12-18-36(3)4/h35-44H,11-34H2,1-10H3/t37?,38?,39?,40?,41?,42?,43-/m0/s1. The molecule has 0 saturated heterocycles. The lowest BCUT2D eigenvalue weighted by molar-refractivity contribution is -0.0471. The summed E-state index contributed by atoms with van der Waals surface area (Å²) in [5, 5.41) is 9.78. The summed E-state index contributed by atoms with van der Waals surface area (Å²) in [4.78, 5) is 0. The van der Waals surface area contributed by atoms with Crippen molar-refractivity contribution < 1.29 is 14.6 Å². The highest BCUT2D eigenvalue weighted by Gasteiger charge is 2.13. The van der Waals surface area contributed by atoms with Gasteiger partial charge in [0, 0.05) is 13.2 Å². The molecular weight excluding hydrogens is 564 g/mol. The van der Waals surface area contributed by atoms with Crippen LogP contribution < -0.4 is 0 Å². The Bertz CT molecular complexity index is 619. The van der Waals surface area contributed by atoms with Crippen LogP contribution in [0.15, 0.2) is 0 Å². The van der Waals surface area contributed by atoms with Crippen LogP contribution in [0.25, 0.3) is 0 Å². The molecule has 0 spiro atoms. The summed E-state index contributed by atoms with van der Waals surface area (Å²) < 4.78 is 11.9. The van der Waals surface area contributed by atoms with E-state index in [0.29, 0.717) is 18.4 Å². The maximum atomic E-state index is 9.78. The lowest BCUT2D eigenvalue weighted by Crippen LogP contribution is -2.25. The average molecular weight is 653 g/mol. The molecule has 0 amide bonds. The normalized spacial score (nSPS) is 16.9. The summed E-state index contributed by atoms with van der Waals surface area (Å²) in [6.07, 6.45) is 26.8. The van der Waals surface area contributed by atoms with E-state index < -0.39 is 0 Å². The third-order valence-corrected chi connectivity index (χ3v) is 10.8. The quantitative estimate of drug-likeness (QED) is 0.0703. The number of ether oxygens (including phenoxy) is 2. The zero-order chi connectivity index (χ0) is 34.6. The van der Waals surface area contributed by atoms with Crippen molar-refractivity contribution >= 4 is 0 Å². The second-order valence-electron chi connectivity index (χ2n) is 17.3. The minimum atomic E-state index is -0.186. The number of aliphatic hydroxyl groups is 1. The molecule has 0 aliphatic heterocycles. The molecule has 0 saturated carbocycles. The Morgan fingerprint density at radius 1 is 0.370 bits per heavy atom. The molecule has 0 aliphatic carbocycles. The highest BCUT2D eigenvalue weighted by atomic mass is 16.5. The van der Waals surface area contributed by atoms with Crippen molar-refractivity contribution in [1.29, 1.82) is 0 Å². The van der Waals surface area contributed by atoms with Gasteiger partial charge in [-0.15, -0.1) is 0 Å². The van der Waals surface area contributed by atoms with Gasteiger partial charge in [-0.05, 0) is 60.2 Å². The van der Waals surface area contributed by atoms with Crippen molar-refractivity contribution in [3.8, 4) is 0 Å². The van der Waals surface area contributed by atoms with Crippen LogP contribution in [0.5, 0.6) is 0 Å².